The third-order valence-corrected chi connectivity index (χ3v) is 7.81. The quantitative estimate of drug-likeness (QED) is 0.227. The minimum absolute atomic E-state index is 0. The summed E-state index contributed by atoms with van der Waals surface area (Å²) < 4.78 is 17.0. The molecule has 3 aliphatic rings. The molecule has 1 saturated heterocycles. The van der Waals surface area contributed by atoms with Crippen LogP contribution < -0.4 is 10.5 Å². The summed E-state index contributed by atoms with van der Waals surface area (Å²) in [4.78, 5) is 39.7. The number of Topliss-reactive ketones (excluding diaryl/α,β-unsaturated/α-hetero) is 1. The van der Waals surface area contributed by atoms with Crippen LogP contribution in [0.1, 0.15) is 68.8 Å². The fourth-order valence-electron chi connectivity index (χ4n) is 5.75. The number of aliphatic hydroxyl groups is 3. The molecule has 0 amide bonds. The van der Waals surface area contributed by atoms with Gasteiger partial charge in [-0.1, -0.05) is 12.1 Å². The van der Waals surface area contributed by atoms with Crippen molar-refractivity contribution in [2.24, 2.45) is 5.73 Å². The lowest BCUT2D eigenvalue weighted by atomic mass is 9.72. The van der Waals surface area contributed by atoms with Gasteiger partial charge in [0.25, 0.3) is 0 Å². The van der Waals surface area contributed by atoms with E-state index in [1.807, 2.05) is 0 Å². The SMILES string of the molecule is COc1cccc2c1C(=O)c1c(O)c3c(c(O)c1C2=O)C[C@@](O)(C(=O)CO)C[C@H]3O[C@H]1C[C@H](N)[C@@H](O)[C@H](C)O1.Cl. The van der Waals surface area contributed by atoms with Crippen LogP contribution in [0, 0.1) is 0 Å². The third kappa shape index (κ3) is 4.45. The number of aliphatic hydroxyl groups excluding tert-OH is 2. The Morgan fingerprint density at radius 2 is 1.82 bits per heavy atom. The minimum Gasteiger partial charge on any atom is -0.507 e. The average Bonchev–Trinajstić information content (AvgIpc) is 2.90. The highest BCUT2D eigenvalue weighted by Crippen LogP contribution is 2.52. The first-order valence-corrected chi connectivity index (χ1v) is 12.4. The van der Waals surface area contributed by atoms with E-state index in [-0.39, 0.29) is 46.8 Å². The van der Waals surface area contributed by atoms with Gasteiger partial charge in [0.05, 0.1) is 42.1 Å². The fraction of sp³-hybridized carbons (Fsp3) is 0.444. The summed E-state index contributed by atoms with van der Waals surface area (Å²) >= 11 is 0. The second kappa shape index (κ2) is 10.7. The minimum atomic E-state index is -2.24. The number of carbonyl (C=O) groups is 3. The van der Waals surface area contributed by atoms with E-state index in [0.29, 0.717) is 0 Å². The van der Waals surface area contributed by atoms with Crippen LogP contribution in [-0.4, -0.2) is 86.7 Å². The lowest BCUT2D eigenvalue weighted by Crippen LogP contribution is -2.53. The van der Waals surface area contributed by atoms with Crippen molar-refractivity contribution in [1.29, 1.82) is 0 Å². The number of phenolic OH excluding ortho intramolecular Hbond substituents is 2. The molecule has 0 saturated carbocycles. The van der Waals surface area contributed by atoms with Crippen molar-refractivity contribution in [1.82, 2.24) is 0 Å². The normalized spacial score (nSPS) is 29.1. The number of ketones is 3. The number of hydrogen-bond donors (Lipinski definition) is 6. The van der Waals surface area contributed by atoms with Gasteiger partial charge in [0, 0.05) is 42.0 Å². The molecule has 1 aliphatic heterocycles. The molecule has 0 aromatic heterocycles. The monoisotopic (exact) mass is 579 g/mol. The number of ether oxygens (including phenoxy) is 3. The van der Waals surface area contributed by atoms with Gasteiger partial charge in [-0.2, -0.15) is 0 Å². The molecule has 7 N–H and O–H groups in total. The predicted molar refractivity (Wildman–Crippen MR) is 139 cm³/mol. The van der Waals surface area contributed by atoms with Crippen LogP contribution in [-0.2, 0) is 20.7 Å². The first-order valence-electron chi connectivity index (χ1n) is 12.4. The Hall–Kier alpha value is -3.10. The van der Waals surface area contributed by atoms with E-state index in [1.54, 1.807) is 6.92 Å². The lowest BCUT2D eigenvalue weighted by Gasteiger charge is -2.42. The molecule has 1 fully saturated rings. The van der Waals surface area contributed by atoms with E-state index in [1.165, 1.54) is 25.3 Å². The summed E-state index contributed by atoms with van der Waals surface area (Å²) in [5.74, 6) is -3.77. The average molecular weight is 580 g/mol. The molecular formula is C27H30ClNO11. The maximum Gasteiger partial charge on any atom is 0.202 e. The number of fused-ring (bicyclic) bond motifs is 3. The van der Waals surface area contributed by atoms with Crippen molar-refractivity contribution in [3.05, 3.63) is 51.6 Å². The van der Waals surface area contributed by atoms with Gasteiger partial charge in [-0.05, 0) is 13.0 Å². The van der Waals surface area contributed by atoms with Crippen LogP contribution in [0.3, 0.4) is 0 Å². The molecule has 0 radical (unpaired) electrons. The molecule has 1 heterocycles. The molecule has 5 rings (SSSR count). The highest BCUT2D eigenvalue weighted by molar-refractivity contribution is 6.31. The Kier molecular flexibility index (Phi) is 8.00. The molecule has 6 atom stereocenters. The molecule has 0 spiro atoms. The topological polar surface area (TPSA) is 206 Å². The van der Waals surface area contributed by atoms with Gasteiger partial charge in [-0.25, -0.2) is 0 Å². The smallest absolute Gasteiger partial charge is 0.202 e. The first kappa shape index (κ1) is 29.9. The van der Waals surface area contributed by atoms with Gasteiger partial charge in [0.15, 0.2) is 17.9 Å². The van der Waals surface area contributed by atoms with Crippen molar-refractivity contribution < 1.29 is 54.1 Å². The van der Waals surface area contributed by atoms with Gasteiger partial charge < -0.3 is 45.5 Å². The molecule has 2 aromatic rings. The number of hydrogen-bond acceptors (Lipinski definition) is 12. The predicted octanol–water partition coefficient (Wildman–Crippen LogP) is 0.423. The van der Waals surface area contributed by atoms with Crippen LogP contribution in [0.5, 0.6) is 17.2 Å². The Morgan fingerprint density at radius 3 is 2.45 bits per heavy atom. The summed E-state index contributed by atoms with van der Waals surface area (Å²) in [5.41, 5.74) is 2.37. The van der Waals surface area contributed by atoms with Crippen molar-refractivity contribution in [2.75, 3.05) is 13.7 Å². The lowest BCUT2D eigenvalue weighted by molar-refractivity contribution is -0.247. The zero-order valence-corrected chi connectivity index (χ0v) is 22.4. The van der Waals surface area contributed by atoms with Crippen molar-refractivity contribution in [2.45, 2.75) is 62.4 Å². The van der Waals surface area contributed by atoms with Gasteiger partial charge in [0.2, 0.25) is 5.78 Å². The van der Waals surface area contributed by atoms with E-state index in [0.717, 1.165) is 0 Å². The third-order valence-electron chi connectivity index (χ3n) is 7.81. The van der Waals surface area contributed by atoms with Gasteiger partial charge in [-0.15, -0.1) is 12.4 Å². The van der Waals surface area contributed by atoms with Crippen molar-refractivity contribution >= 4 is 29.8 Å². The molecule has 13 heteroatoms. The second-order valence-electron chi connectivity index (χ2n) is 10.2. The second-order valence-corrected chi connectivity index (χ2v) is 10.2. The van der Waals surface area contributed by atoms with E-state index in [4.69, 9.17) is 19.9 Å². The molecular weight excluding hydrogens is 550 g/mol. The number of carbonyl (C=O) groups excluding carboxylic acids is 3. The molecule has 40 heavy (non-hydrogen) atoms. The van der Waals surface area contributed by atoms with Crippen LogP contribution in [0.4, 0.5) is 0 Å². The first-order chi connectivity index (χ1) is 18.4. The zero-order chi connectivity index (χ0) is 28.4. The molecule has 0 bridgehead atoms. The number of phenols is 2. The zero-order valence-electron chi connectivity index (χ0n) is 21.6. The van der Waals surface area contributed by atoms with Crippen LogP contribution in [0.15, 0.2) is 18.2 Å². The summed E-state index contributed by atoms with van der Waals surface area (Å²) in [6, 6.07) is 3.64. The summed E-state index contributed by atoms with van der Waals surface area (Å²) in [5, 5.41) is 53.7. The Labute approximate surface area is 234 Å². The molecule has 2 aromatic carbocycles. The molecule has 2 aliphatic carbocycles. The van der Waals surface area contributed by atoms with E-state index in [2.05, 4.69) is 0 Å². The van der Waals surface area contributed by atoms with Crippen molar-refractivity contribution in [3.8, 4) is 17.2 Å². The number of halogens is 1. The highest BCUT2D eigenvalue weighted by Gasteiger charge is 2.50. The van der Waals surface area contributed by atoms with Gasteiger partial charge in [-0.3, -0.25) is 14.4 Å². The van der Waals surface area contributed by atoms with Gasteiger partial charge in [0.1, 0.15) is 29.5 Å². The van der Waals surface area contributed by atoms with E-state index < -0.39 is 95.7 Å². The standard InChI is InChI=1S/C27H29NO11.ClH/c1-10-22(31)13(28)6-17(38-10)39-15-8-27(36,16(30)9-29)7-12-19(15)26(35)21-20(24(12)33)23(32)11-4-3-5-14(37-2)18(11)25(21)34;/h3-5,10,13,15,17,22,29,31,33,35-36H,6-9,28H2,1-2H3;1H/t10-,13-,15+,17-,22-,27-;/m0./s1. The molecule has 0 unspecified atom stereocenters. The number of rotatable bonds is 5. The van der Waals surface area contributed by atoms with Crippen molar-refractivity contribution in [3.63, 3.8) is 0 Å². The largest absolute Gasteiger partial charge is 0.507 e. The number of aromatic hydroxyl groups is 2. The van der Waals surface area contributed by atoms with E-state index in [9.17, 15) is 39.9 Å². The fourth-order valence-corrected chi connectivity index (χ4v) is 5.75. The Balaban J connectivity index is 0.00000370. The Morgan fingerprint density at radius 1 is 1.15 bits per heavy atom. The Bertz CT molecular complexity index is 1380. The number of methoxy groups -OCH3 is 1. The van der Waals surface area contributed by atoms with E-state index >= 15 is 0 Å². The summed E-state index contributed by atoms with van der Waals surface area (Å²) in [6.07, 6.45) is -5.12. The molecule has 12 nitrogen and oxygen atoms in total. The van der Waals surface area contributed by atoms with Crippen LogP contribution in [0.25, 0.3) is 0 Å². The maximum atomic E-state index is 13.6. The van der Waals surface area contributed by atoms with Gasteiger partial charge >= 0.3 is 0 Å². The van der Waals surface area contributed by atoms with Crippen LogP contribution >= 0.6 is 12.4 Å². The van der Waals surface area contributed by atoms with Crippen LogP contribution in [0.2, 0.25) is 0 Å². The maximum absolute atomic E-state index is 13.6. The summed E-state index contributed by atoms with van der Waals surface area (Å²) in [7, 11) is 1.32. The number of benzene rings is 2. The highest BCUT2D eigenvalue weighted by atomic mass is 35.5. The summed E-state index contributed by atoms with van der Waals surface area (Å²) in [6.45, 7) is 0.560. The molecule has 216 valence electrons. The number of nitrogens with two attached hydrogens (primary N) is 1.